The van der Waals surface area contributed by atoms with Crippen molar-refractivity contribution < 1.29 is 9.84 Å². The van der Waals surface area contributed by atoms with Crippen LogP contribution >= 0.6 is 31.9 Å². The summed E-state index contributed by atoms with van der Waals surface area (Å²) in [5.74, 6) is 1.08. The van der Waals surface area contributed by atoms with Crippen LogP contribution in [0.25, 0.3) is 0 Å². The average Bonchev–Trinajstić information content (AvgIpc) is 2.45. The summed E-state index contributed by atoms with van der Waals surface area (Å²) in [7, 11) is 1.66. The van der Waals surface area contributed by atoms with E-state index in [0.29, 0.717) is 15.5 Å². The van der Waals surface area contributed by atoms with Crippen LogP contribution < -0.4 is 10.1 Å². The summed E-state index contributed by atoms with van der Waals surface area (Å²) >= 11 is 6.66. The molecule has 0 unspecified atom stereocenters. The van der Waals surface area contributed by atoms with Crippen molar-refractivity contribution in [2.75, 3.05) is 7.11 Å². The maximum atomic E-state index is 9.66. The van der Waals surface area contributed by atoms with Gasteiger partial charge in [0.2, 0.25) is 0 Å². The summed E-state index contributed by atoms with van der Waals surface area (Å²) in [6.07, 6.45) is 0. The highest BCUT2D eigenvalue weighted by Gasteiger charge is 2.05. The summed E-state index contributed by atoms with van der Waals surface area (Å²) in [5, 5.41) is 13.0. The van der Waals surface area contributed by atoms with Gasteiger partial charge in [-0.15, -0.1) is 0 Å². The Morgan fingerprint density at radius 2 is 1.70 bits per heavy atom. The number of hydrogen-bond acceptors (Lipinski definition) is 3. The van der Waals surface area contributed by atoms with Crippen molar-refractivity contribution in [2.24, 2.45) is 0 Å². The number of methoxy groups -OCH3 is 1. The Morgan fingerprint density at radius 3 is 2.35 bits per heavy atom. The fourth-order valence-electron chi connectivity index (χ4n) is 1.85. The quantitative estimate of drug-likeness (QED) is 0.789. The van der Waals surface area contributed by atoms with Crippen molar-refractivity contribution in [2.45, 2.75) is 13.1 Å². The molecular weight excluding hydrogens is 386 g/mol. The molecule has 2 rings (SSSR count). The second kappa shape index (κ2) is 7.11. The van der Waals surface area contributed by atoms with E-state index in [-0.39, 0.29) is 5.75 Å². The Labute approximate surface area is 135 Å². The molecule has 0 aliphatic carbocycles. The highest BCUT2D eigenvalue weighted by molar-refractivity contribution is 9.11. The lowest BCUT2D eigenvalue weighted by Gasteiger charge is -2.09. The number of aromatic hydroxyl groups is 1. The molecule has 0 radical (unpaired) electrons. The van der Waals surface area contributed by atoms with Crippen LogP contribution in [0.3, 0.4) is 0 Å². The normalized spacial score (nSPS) is 10.6. The Kier molecular flexibility index (Phi) is 5.46. The van der Waals surface area contributed by atoms with E-state index in [0.717, 1.165) is 17.9 Å². The molecule has 0 heterocycles. The number of phenolic OH excluding ortho intramolecular Hbond substituents is 1. The Balaban J connectivity index is 1.95. The molecule has 106 valence electrons. The third-order valence-electron chi connectivity index (χ3n) is 2.87. The van der Waals surface area contributed by atoms with Crippen LogP contribution in [0.5, 0.6) is 11.5 Å². The van der Waals surface area contributed by atoms with E-state index in [4.69, 9.17) is 4.74 Å². The molecule has 2 aromatic rings. The van der Waals surface area contributed by atoms with Gasteiger partial charge in [-0.25, -0.2) is 0 Å². The minimum atomic E-state index is 0.224. The van der Waals surface area contributed by atoms with Crippen molar-refractivity contribution in [1.82, 2.24) is 5.32 Å². The highest BCUT2D eigenvalue weighted by atomic mass is 79.9. The number of halogens is 2. The summed E-state index contributed by atoms with van der Waals surface area (Å²) in [4.78, 5) is 0. The third-order valence-corrected chi connectivity index (χ3v) is 4.08. The number of nitrogens with one attached hydrogen (secondary N) is 1. The lowest BCUT2D eigenvalue weighted by Crippen LogP contribution is -2.12. The first kappa shape index (κ1) is 15.4. The molecule has 2 aromatic carbocycles. The van der Waals surface area contributed by atoms with Crippen LogP contribution in [-0.2, 0) is 13.1 Å². The van der Waals surface area contributed by atoms with Crippen molar-refractivity contribution >= 4 is 31.9 Å². The first-order valence-electron chi connectivity index (χ1n) is 6.10. The van der Waals surface area contributed by atoms with Crippen molar-refractivity contribution in [3.8, 4) is 11.5 Å². The molecule has 0 spiro atoms. The molecule has 0 aromatic heterocycles. The number of benzene rings is 2. The maximum Gasteiger partial charge on any atom is 0.143 e. The third kappa shape index (κ3) is 3.98. The number of ether oxygens (including phenoxy) is 1. The average molecular weight is 401 g/mol. The summed E-state index contributed by atoms with van der Waals surface area (Å²) in [6, 6.07) is 11.8. The van der Waals surface area contributed by atoms with Gasteiger partial charge in [0.1, 0.15) is 11.5 Å². The van der Waals surface area contributed by atoms with Gasteiger partial charge in [0.15, 0.2) is 0 Å². The van der Waals surface area contributed by atoms with Gasteiger partial charge < -0.3 is 15.2 Å². The molecule has 0 amide bonds. The first-order chi connectivity index (χ1) is 9.60. The molecule has 0 bridgehead atoms. The zero-order valence-electron chi connectivity index (χ0n) is 11.0. The lowest BCUT2D eigenvalue weighted by molar-refractivity contribution is 0.414. The second-order valence-electron chi connectivity index (χ2n) is 4.36. The molecule has 3 nitrogen and oxygen atoms in total. The van der Waals surface area contributed by atoms with Gasteiger partial charge in [-0.3, -0.25) is 0 Å². The Hall–Kier alpha value is -1.04. The number of hydrogen-bond donors (Lipinski definition) is 2. The van der Waals surface area contributed by atoms with Crippen LogP contribution in [0.1, 0.15) is 11.1 Å². The smallest absolute Gasteiger partial charge is 0.143 e. The molecule has 20 heavy (non-hydrogen) atoms. The standard InChI is InChI=1S/C15H15Br2NO2/c1-20-12-4-2-3-10(5-12)8-18-9-11-6-13(16)15(19)14(17)7-11/h2-7,18-19H,8-9H2,1H3. The maximum absolute atomic E-state index is 9.66. The molecule has 2 N–H and O–H groups in total. The number of phenols is 1. The second-order valence-corrected chi connectivity index (χ2v) is 6.07. The Morgan fingerprint density at radius 1 is 1.05 bits per heavy atom. The number of rotatable bonds is 5. The molecule has 0 atom stereocenters. The van der Waals surface area contributed by atoms with E-state index in [1.165, 1.54) is 5.56 Å². The zero-order valence-corrected chi connectivity index (χ0v) is 14.2. The lowest BCUT2D eigenvalue weighted by atomic mass is 10.2. The van der Waals surface area contributed by atoms with E-state index >= 15 is 0 Å². The van der Waals surface area contributed by atoms with Crippen LogP contribution in [0.2, 0.25) is 0 Å². The minimum absolute atomic E-state index is 0.224. The summed E-state index contributed by atoms with van der Waals surface area (Å²) < 4.78 is 6.57. The van der Waals surface area contributed by atoms with Crippen LogP contribution in [0, 0.1) is 0 Å². The molecule has 5 heteroatoms. The van der Waals surface area contributed by atoms with Crippen molar-refractivity contribution in [3.63, 3.8) is 0 Å². The van der Waals surface area contributed by atoms with Crippen molar-refractivity contribution in [3.05, 3.63) is 56.5 Å². The highest BCUT2D eigenvalue weighted by Crippen LogP contribution is 2.33. The molecule has 0 aliphatic rings. The fourth-order valence-corrected chi connectivity index (χ4v) is 3.13. The van der Waals surface area contributed by atoms with E-state index < -0.39 is 0 Å². The SMILES string of the molecule is COc1cccc(CNCc2cc(Br)c(O)c(Br)c2)c1. The van der Waals surface area contributed by atoms with Gasteiger partial charge in [-0.2, -0.15) is 0 Å². The topological polar surface area (TPSA) is 41.5 Å². The van der Waals surface area contributed by atoms with E-state index in [1.807, 2.05) is 30.3 Å². The molecule has 0 saturated heterocycles. The largest absolute Gasteiger partial charge is 0.506 e. The van der Waals surface area contributed by atoms with Gasteiger partial charge in [0.25, 0.3) is 0 Å². The van der Waals surface area contributed by atoms with E-state index in [2.05, 4.69) is 43.2 Å². The minimum Gasteiger partial charge on any atom is -0.506 e. The van der Waals surface area contributed by atoms with Gasteiger partial charge in [0, 0.05) is 13.1 Å². The van der Waals surface area contributed by atoms with Crippen LogP contribution in [0.15, 0.2) is 45.3 Å². The van der Waals surface area contributed by atoms with Gasteiger partial charge >= 0.3 is 0 Å². The summed E-state index contributed by atoms with van der Waals surface area (Å²) in [6.45, 7) is 1.47. The first-order valence-corrected chi connectivity index (χ1v) is 7.69. The van der Waals surface area contributed by atoms with Gasteiger partial charge in [-0.1, -0.05) is 12.1 Å². The predicted molar refractivity (Wildman–Crippen MR) is 87.0 cm³/mol. The molecule has 0 saturated carbocycles. The zero-order chi connectivity index (χ0) is 14.5. The fraction of sp³-hybridized carbons (Fsp3) is 0.200. The molecule has 0 aliphatic heterocycles. The van der Waals surface area contributed by atoms with Gasteiger partial charge in [-0.05, 0) is 67.3 Å². The summed E-state index contributed by atoms with van der Waals surface area (Å²) in [5.41, 5.74) is 2.26. The van der Waals surface area contributed by atoms with Gasteiger partial charge in [0.05, 0.1) is 16.1 Å². The van der Waals surface area contributed by atoms with Crippen LogP contribution in [0.4, 0.5) is 0 Å². The van der Waals surface area contributed by atoms with Crippen LogP contribution in [-0.4, -0.2) is 12.2 Å². The van der Waals surface area contributed by atoms with Crippen molar-refractivity contribution in [1.29, 1.82) is 0 Å². The Bertz CT molecular complexity index is 579. The van der Waals surface area contributed by atoms with E-state index in [9.17, 15) is 5.11 Å². The van der Waals surface area contributed by atoms with E-state index in [1.54, 1.807) is 7.11 Å². The molecule has 0 fully saturated rings. The monoisotopic (exact) mass is 399 g/mol. The molecular formula is C15H15Br2NO2. The predicted octanol–water partition coefficient (Wildman–Crippen LogP) is 4.22.